The molecule has 1 amide bonds. The Kier molecular flexibility index (Phi) is 4.58. The summed E-state index contributed by atoms with van der Waals surface area (Å²) in [4.78, 5) is 26.5. The van der Waals surface area contributed by atoms with Crippen molar-refractivity contribution in [3.8, 4) is 0 Å². The summed E-state index contributed by atoms with van der Waals surface area (Å²) >= 11 is 0. The number of carbonyl (C=O) groups excluding carboxylic acids is 1. The molecule has 2 radical (unpaired) electrons. The van der Waals surface area contributed by atoms with Gasteiger partial charge in [0.25, 0.3) is 0 Å². The third kappa shape index (κ3) is 5.45. The first-order chi connectivity index (χ1) is 8.67. The zero-order chi connectivity index (χ0) is 14.6. The van der Waals surface area contributed by atoms with Crippen LogP contribution in [0.25, 0.3) is 0 Å². The van der Waals surface area contributed by atoms with Crippen molar-refractivity contribution in [2.75, 3.05) is 0 Å². The molecule has 1 aromatic rings. The molecule has 0 spiro atoms. The number of aromatic nitrogens is 2. The van der Waals surface area contributed by atoms with Crippen molar-refractivity contribution in [2.45, 2.75) is 38.8 Å². The minimum Gasteiger partial charge on any atom is -0.480 e. The number of carboxylic acids is 1. The molecule has 8 heteroatoms. The fourth-order valence-electron chi connectivity index (χ4n) is 1.34. The van der Waals surface area contributed by atoms with Gasteiger partial charge in [-0.25, -0.2) is 14.6 Å². The van der Waals surface area contributed by atoms with Crippen LogP contribution in [-0.4, -0.2) is 46.3 Å². The van der Waals surface area contributed by atoms with E-state index in [4.69, 9.17) is 17.8 Å². The van der Waals surface area contributed by atoms with Crippen LogP contribution in [0.1, 0.15) is 26.5 Å². The van der Waals surface area contributed by atoms with Crippen LogP contribution in [0.4, 0.5) is 4.79 Å². The average molecular weight is 265 g/mol. The molecule has 0 bridgehead atoms. The standard InChI is InChI=1S/C11H16BN3O4/c1-11(2,3)19-10(18)14-8(9(16)17)4-7-5-15(12)6-13-7/h5-6,8H,4H2,1-3H3,(H,14,18)(H,16,17). The van der Waals surface area contributed by atoms with Crippen LogP contribution in [-0.2, 0) is 16.0 Å². The van der Waals surface area contributed by atoms with Crippen LogP contribution in [0.15, 0.2) is 12.5 Å². The Morgan fingerprint density at radius 1 is 1.58 bits per heavy atom. The van der Waals surface area contributed by atoms with Gasteiger partial charge in [0.15, 0.2) is 0 Å². The highest BCUT2D eigenvalue weighted by Crippen LogP contribution is 2.07. The number of carbonyl (C=O) groups is 2. The summed E-state index contributed by atoms with van der Waals surface area (Å²) in [6.07, 6.45) is 2.07. The second-order valence-electron chi connectivity index (χ2n) is 5.05. The number of nitrogens with one attached hydrogen (secondary N) is 1. The minimum atomic E-state index is -1.17. The van der Waals surface area contributed by atoms with Gasteiger partial charge >= 0.3 is 12.1 Å². The average Bonchev–Trinajstić information content (AvgIpc) is 2.60. The van der Waals surface area contributed by atoms with Crippen LogP contribution < -0.4 is 5.32 Å². The smallest absolute Gasteiger partial charge is 0.408 e. The lowest BCUT2D eigenvalue weighted by Gasteiger charge is -2.21. The Morgan fingerprint density at radius 3 is 2.63 bits per heavy atom. The third-order valence-corrected chi connectivity index (χ3v) is 2.06. The monoisotopic (exact) mass is 265 g/mol. The Hall–Kier alpha value is -1.99. The number of hydrogen-bond acceptors (Lipinski definition) is 4. The van der Waals surface area contributed by atoms with Crippen molar-refractivity contribution in [3.05, 3.63) is 18.2 Å². The van der Waals surface area contributed by atoms with E-state index in [2.05, 4.69) is 10.3 Å². The molecular weight excluding hydrogens is 249 g/mol. The predicted molar refractivity (Wildman–Crippen MR) is 67.9 cm³/mol. The molecular formula is C11H16BN3O4. The highest BCUT2D eigenvalue weighted by Gasteiger charge is 2.24. The van der Waals surface area contributed by atoms with E-state index in [1.807, 2.05) is 0 Å². The highest BCUT2D eigenvalue weighted by atomic mass is 16.6. The van der Waals surface area contributed by atoms with Crippen LogP contribution >= 0.6 is 0 Å². The first-order valence-electron chi connectivity index (χ1n) is 5.67. The van der Waals surface area contributed by atoms with E-state index in [0.717, 1.165) is 0 Å². The summed E-state index contributed by atoms with van der Waals surface area (Å²) < 4.78 is 6.21. The SMILES string of the molecule is [B]n1cnc(CC(NC(=O)OC(C)(C)C)C(=O)O)c1. The second kappa shape index (κ2) is 5.77. The highest BCUT2D eigenvalue weighted by molar-refractivity contribution is 6.06. The van der Waals surface area contributed by atoms with Gasteiger partial charge in [-0.05, 0) is 20.8 Å². The number of hydrogen-bond donors (Lipinski definition) is 2. The quantitative estimate of drug-likeness (QED) is 0.765. The number of nitrogens with zero attached hydrogens (tertiary/aromatic N) is 2. The number of alkyl carbamates (subject to hydrolysis) is 1. The van der Waals surface area contributed by atoms with Crippen molar-refractivity contribution in [3.63, 3.8) is 0 Å². The number of rotatable bonds is 4. The molecule has 1 heterocycles. The van der Waals surface area contributed by atoms with Gasteiger partial charge in [0.05, 0.1) is 12.0 Å². The molecule has 0 saturated heterocycles. The molecule has 1 atom stereocenters. The van der Waals surface area contributed by atoms with E-state index >= 15 is 0 Å². The maximum absolute atomic E-state index is 11.5. The number of imidazole rings is 1. The van der Waals surface area contributed by atoms with Crippen molar-refractivity contribution in [2.24, 2.45) is 0 Å². The zero-order valence-corrected chi connectivity index (χ0v) is 11.1. The first-order valence-corrected chi connectivity index (χ1v) is 5.67. The van der Waals surface area contributed by atoms with Crippen LogP contribution in [0.3, 0.4) is 0 Å². The molecule has 102 valence electrons. The zero-order valence-electron chi connectivity index (χ0n) is 11.1. The summed E-state index contributed by atoms with van der Waals surface area (Å²) in [5, 5.41) is 11.3. The van der Waals surface area contributed by atoms with Crippen LogP contribution in [0.2, 0.25) is 0 Å². The van der Waals surface area contributed by atoms with Crippen LogP contribution in [0.5, 0.6) is 0 Å². The van der Waals surface area contributed by atoms with Crippen molar-refractivity contribution in [1.29, 1.82) is 0 Å². The lowest BCUT2D eigenvalue weighted by molar-refractivity contribution is -0.139. The Labute approximate surface area is 112 Å². The molecule has 0 aliphatic rings. The number of ether oxygens (including phenoxy) is 1. The van der Waals surface area contributed by atoms with Crippen molar-refractivity contribution in [1.82, 2.24) is 14.8 Å². The molecule has 0 aliphatic heterocycles. The Morgan fingerprint density at radius 2 is 2.21 bits per heavy atom. The van der Waals surface area contributed by atoms with Gasteiger partial charge in [-0.3, -0.25) is 0 Å². The van der Waals surface area contributed by atoms with Crippen LogP contribution in [0, 0.1) is 0 Å². The van der Waals surface area contributed by atoms with E-state index in [9.17, 15) is 9.59 Å². The van der Waals surface area contributed by atoms with E-state index in [-0.39, 0.29) is 6.42 Å². The largest absolute Gasteiger partial charge is 0.480 e. The number of carboxylic acid groups (broad SMARTS) is 1. The van der Waals surface area contributed by atoms with Gasteiger partial charge in [-0.1, -0.05) is 0 Å². The van der Waals surface area contributed by atoms with E-state index in [0.29, 0.717) is 5.69 Å². The van der Waals surface area contributed by atoms with Gasteiger partial charge in [-0.15, -0.1) is 0 Å². The molecule has 1 unspecified atom stereocenters. The van der Waals surface area contributed by atoms with Crippen molar-refractivity contribution >= 4 is 20.0 Å². The maximum atomic E-state index is 11.5. The molecule has 0 aliphatic carbocycles. The van der Waals surface area contributed by atoms with Gasteiger partial charge in [0.1, 0.15) is 11.6 Å². The lowest BCUT2D eigenvalue weighted by atomic mass is 10.1. The van der Waals surface area contributed by atoms with Gasteiger partial charge in [-0.2, -0.15) is 0 Å². The molecule has 1 aromatic heterocycles. The fraction of sp³-hybridized carbons (Fsp3) is 0.545. The molecule has 0 aromatic carbocycles. The van der Waals surface area contributed by atoms with Gasteiger partial charge < -0.3 is 19.6 Å². The summed E-state index contributed by atoms with van der Waals surface area (Å²) in [6, 6.07) is -1.12. The van der Waals surface area contributed by atoms with E-state index in [1.54, 1.807) is 20.8 Å². The van der Waals surface area contributed by atoms with Gasteiger partial charge in [0.2, 0.25) is 7.98 Å². The third-order valence-electron chi connectivity index (χ3n) is 2.06. The Balaban J connectivity index is 2.63. The predicted octanol–water partition coefficient (Wildman–Crippen LogP) is 0.335. The minimum absolute atomic E-state index is 0.0266. The van der Waals surface area contributed by atoms with Crippen molar-refractivity contribution < 1.29 is 19.4 Å². The molecule has 0 saturated carbocycles. The first kappa shape index (κ1) is 15.1. The maximum Gasteiger partial charge on any atom is 0.408 e. The normalized spacial score (nSPS) is 12.8. The fourth-order valence-corrected chi connectivity index (χ4v) is 1.34. The second-order valence-corrected chi connectivity index (χ2v) is 5.05. The molecule has 2 N–H and O–H groups in total. The van der Waals surface area contributed by atoms with E-state index in [1.165, 1.54) is 17.0 Å². The lowest BCUT2D eigenvalue weighted by Crippen LogP contribution is -2.44. The Bertz CT molecular complexity index is 467. The van der Waals surface area contributed by atoms with E-state index < -0.39 is 23.7 Å². The topological polar surface area (TPSA) is 93.5 Å². The number of amides is 1. The number of aliphatic carboxylic acids is 1. The summed E-state index contributed by atoms with van der Waals surface area (Å²) in [7, 11) is 5.41. The summed E-state index contributed by atoms with van der Waals surface area (Å²) in [5.41, 5.74) is -0.225. The summed E-state index contributed by atoms with van der Waals surface area (Å²) in [5.74, 6) is -1.17. The molecule has 1 rings (SSSR count). The van der Waals surface area contributed by atoms with Gasteiger partial charge in [0, 0.05) is 12.6 Å². The molecule has 7 nitrogen and oxygen atoms in total. The molecule has 19 heavy (non-hydrogen) atoms. The molecule has 0 fully saturated rings. The summed E-state index contributed by atoms with van der Waals surface area (Å²) in [6.45, 7) is 5.08.